The minimum absolute atomic E-state index is 0.427. The molecule has 0 fully saturated rings. The first-order chi connectivity index (χ1) is 6.99. The smallest absolute Gasteiger partial charge is 0.310 e. The van der Waals surface area contributed by atoms with Crippen LogP contribution in [0.5, 0.6) is 0 Å². The Morgan fingerprint density at radius 3 is 2.33 bits per heavy atom. The maximum absolute atomic E-state index is 10.9. The van der Waals surface area contributed by atoms with E-state index in [0.717, 1.165) is 19.3 Å². The summed E-state index contributed by atoms with van der Waals surface area (Å²) < 4.78 is 4.88. The fourth-order valence-electron chi connectivity index (χ4n) is 1.52. The van der Waals surface area contributed by atoms with Gasteiger partial charge in [0.25, 0.3) is 0 Å². The highest BCUT2D eigenvalue weighted by Gasteiger charge is 2.26. The maximum Gasteiger partial charge on any atom is 0.310 e. The van der Waals surface area contributed by atoms with E-state index in [1.54, 1.807) is 6.92 Å². The normalized spacial score (nSPS) is 14.3. The van der Waals surface area contributed by atoms with Crippen molar-refractivity contribution in [2.75, 3.05) is 0 Å². The Balaban J connectivity index is 4.13. The van der Waals surface area contributed by atoms with Crippen LogP contribution < -0.4 is 0 Å². The molecule has 0 aliphatic rings. The van der Waals surface area contributed by atoms with Gasteiger partial charge in [0.2, 0.25) is 0 Å². The number of esters is 1. The van der Waals surface area contributed by atoms with Gasteiger partial charge < -0.3 is 9.84 Å². The van der Waals surface area contributed by atoms with Crippen molar-refractivity contribution in [1.82, 2.24) is 0 Å². The average molecular weight is 216 g/mol. The SMILES string of the molecule is CCCCCC(C(=O)O)C(C)OC(C)=O. The van der Waals surface area contributed by atoms with Crippen molar-refractivity contribution in [3.8, 4) is 0 Å². The lowest BCUT2D eigenvalue weighted by molar-refractivity contribution is -0.156. The first-order valence-corrected chi connectivity index (χ1v) is 5.39. The average Bonchev–Trinajstić information content (AvgIpc) is 2.10. The number of aliphatic carboxylic acids is 1. The van der Waals surface area contributed by atoms with E-state index >= 15 is 0 Å². The van der Waals surface area contributed by atoms with Gasteiger partial charge in [0.1, 0.15) is 6.10 Å². The number of carboxylic acid groups (broad SMARTS) is 1. The summed E-state index contributed by atoms with van der Waals surface area (Å²) in [4.78, 5) is 21.6. The van der Waals surface area contributed by atoms with Crippen LogP contribution in [0.4, 0.5) is 0 Å². The molecule has 4 heteroatoms. The summed E-state index contributed by atoms with van der Waals surface area (Å²) in [6, 6.07) is 0. The molecule has 0 aliphatic carbocycles. The summed E-state index contributed by atoms with van der Waals surface area (Å²) in [5.74, 6) is -1.90. The second kappa shape index (κ2) is 7.26. The summed E-state index contributed by atoms with van der Waals surface area (Å²) in [6.07, 6.45) is 2.94. The Morgan fingerprint density at radius 1 is 1.33 bits per heavy atom. The minimum Gasteiger partial charge on any atom is -0.481 e. The number of rotatable bonds is 7. The minimum atomic E-state index is -0.889. The molecule has 1 N–H and O–H groups in total. The summed E-state index contributed by atoms with van der Waals surface area (Å²) in [6.45, 7) is 4.98. The van der Waals surface area contributed by atoms with E-state index in [1.165, 1.54) is 6.92 Å². The van der Waals surface area contributed by atoms with Crippen molar-refractivity contribution >= 4 is 11.9 Å². The zero-order valence-corrected chi connectivity index (χ0v) is 9.66. The Kier molecular flexibility index (Phi) is 6.75. The number of hydrogen-bond donors (Lipinski definition) is 1. The number of hydrogen-bond acceptors (Lipinski definition) is 3. The lowest BCUT2D eigenvalue weighted by atomic mass is 9.96. The number of carbonyl (C=O) groups is 2. The Labute approximate surface area is 90.6 Å². The highest BCUT2D eigenvalue weighted by Crippen LogP contribution is 2.17. The monoisotopic (exact) mass is 216 g/mol. The molecular weight excluding hydrogens is 196 g/mol. The van der Waals surface area contributed by atoms with E-state index in [-0.39, 0.29) is 0 Å². The van der Waals surface area contributed by atoms with Gasteiger partial charge in [0, 0.05) is 6.92 Å². The lowest BCUT2D eigenvalue weighted by Crippen LogP contribution is -2.29. The highest BCUT2D eigenvalue weighted by molar-refractivity contribution is 5.72. The predicted molar refractivity (Wildman–Crippen MR) is 56.5 cm³/mol. The van der Waals surface area contributed by atoms with E-state index in [2.05, 4.69) is 6.92 Å². The van der Waals surface area contributed by atoms with Crippen LogP contribution in [0.2, 0.25) is 0 Å². The van der Waals surface area contributed by atoms with Gasteiger partial charge in [0.15, 0.2) is 0 Å². The largest absolute Gasteiger partial charge is 0.481 e. The molecule has 0 bridgehead atoms. The van der Waals surface area contributed by atoms with Crippen LogP contribution in [0.1, 0.15) is 46.5 Å². The molecule has 15 heavy (non-hydrogen) atoms. The Hall–Kier alpha value is -1.06. The lowest BCUT2D eigenvalue weighted by Gasteiger charge is -2.19. The van der Waals surface area contributed by atoms with Crippen molar-refractivity contribution in [3.63, 3.8) is 0 Å². The Bertz CT molecular complexity index is 213. The molecule has 0 aromatic rings. The predicted octanol–water partition coefficient (Wildman–Crippen LogP) is 2.22. The van der Waals surface area contributed by atoms with Crippen molar-refractivity contribution < 1.29 is 19.4 Å². The molecule has 0 aromatic heterocycles. The van der Waals surface area contributed by atoms with E-state index < -0.39 is 24.0 Å². The van der Waals surface area contributed by atoms with E-state index in [4.69, 9.17) is 9.84 Å². The maximum atomic E-state index is 10.9. The van der Waals surface area contributed by atoms with Gasteiger partial charge in [-0.2, -0.15) is 0 Å². The number of carboxylic acids is 1. The molecule has 0 saturated heterocycles. The topological polar surface area (TPSA) is 63.6 Å². The fraction of sp³-hybridized carbons (Fsp3) is 0.818. The van der Waals surface area contributed by atoms with E-state index in [1.807, 2.05) is 0 Å². The van der Waals surface area contributed by atoms with Gasteiger partial charge in [-0.1, -0.05) is 26.2 Å². The van der Waals surface area contributed by atoms with Crippen LogP contribution >= 0.6 is 0 Å². The van der Waals surface area contributed by atoms with Crippen LogP contribution in [-0.4, -0.2) is 23.1 Å². The van der Waals surface area contributed by atoms with Gasteiger partial charge in [-0.25, -0.2) is 0 Å². The van der Waals surface area contributed by atoms with Crippen LogP contribution in [0.3, 0.4) is 0 Å². The molecule has 0 saturated carbocycles. The summed E-state index contributed by atoms with van der Waals surface area (Å²) in [7, 11) is 0. The van der Waals surface area contributed by atoms with Gasteiger partial charge in [-0.05, 0) is 13.3 Å². The van der Waals surface area contributed by atoms with E-state index in [0.29, 0.717) is 6.42 Å². The fourth-order valence-corrected chi connectivity index (χ4v) is 1.52. The molecule has 0 rings (SSSR count). The highest BCUT2D eigenvalue weighted by atomic mass is 16.5. The summed E-state index contributed by atoms with van der Waals surface area (Å²) >= 11 is 0. The zero-order valence-electron chi connectivity index (χ0n) is 9.66. The van der Waals surface area contributed by atoms with Crippen molar-refractivity contribution in [2.45, 2.75) is 52.6 Å². The third-order valence-corrected chi connectivity index (χ3v) is 2.35. The van der Waals surface area contributed by atoms with E-state index in [9.17, 15) is 9.59 Å². The van der Waals surface area contributed by atoms with Gasteiger partial charge in [-0.15, -0.1) is 0 Å². The molecule has 2 atom stereocenters. The Morgan fingerprint density at radius 2 is 1.93 bits per heavy atom. The standard InChI is InChI=1S/C11H20O4/c1-4-5-6-7-10(11(13)14)8(2)15-9(3)12/h8,10H,4-7H2,1-3H3,(H,13,14). The van der Waals surface area contributed by atoms with Crippen LogP contribution in [0.15, 0.2) is 0 Å². The zero-order chi connectivity index (χ0) is 11.8. The third kappa shape index (κ3) is 6.10. The number of ether oxygens (including phenoxy) is 1. The second-order valence-electron chi connectivity index (χ2n) is 3.76. The van der Waals surface area contributed by atoms with Gasteiger partial charge >= 0.3 is 11.9 Å². The van der Waals surface area contributed by atoms with Crippen LogP contribution in [-0.2, 0) is 14.3 Å². The van der Waals surface area contributed by atoms with Crippen LogP contribution in [0.25, 0.3) is 0 Å². The molecule has 0 spiro atoms. The third-order valence-electron chi connectivity index (χ3n) is 2.35. The molecule has 2 unspecified atom stereocenters. The second-order valence-corrected chi connectivity index (χ2v) is 3.76. The van der Waals surface area contributed by atoms with Crippen molar-refractivity contribution in [2.24, 2.45) is 5.92 Å². The molecule has 0 aliphatic heterocycles. The van der Waals surface area contributed by atoms with Crippen LogP contribution in [0, 0.1) is 5.92 Å². The van der Waals surface area contributed by atoms with Crippen molar-refractivity contribution in [3.05, 3.63) is 0 Å². The molecule has 0 radical (unpaired) electrons. The molecule has 4 nitrogen and oxygen atoms in total. The van der Waals surface area contributed by atoms with Gasteiger partial charge in [0.05, 0.1) is 5.92 Å². The molecule has 88 valence electrons. The number of unbranched alkanes of at least 4 members (excludes halogenated alkanes) is 2. The van der Waals surface area contributed by atoms with Gasteiger partial charge in [-0.3, -0.25) is 9.59 Å². The first kappa shape index (κ1) is 13.9. The number of carbonyl (C=O) groups excluding carboxylic acids is 1. The first-order valence-electron chi connectivity index (χ1n) is 5.39. The quantitative estimate of drug-likeness (QED) is 0.523. The summed E-state index contributed by atoms with van der Waals surface area (Å²) in [5, 5.41) is 8.96. The molecule has 0 aromatic carbocycles. The summed E-state index contributed by atoms with van der Waals surface area (Å²) in [5.41, 5.74) is 0. The molecular formula is C11H20O4. The molecule has 0 heterocycles. The van der Waals surface area contributed by atoms with Crippen molar-refractivity contribution in [1.29, 1.82) is 0 Å². The molecule has 0 amide bonds.